The lowest BCUT2D eigenvalue weighted by atomic mass is 9.33. The highest BCUT2D eigenvalue weighted by molar-refractivity contribution is 5.78. The zero-order chi connectivity index (χ0) is 25.1. The number of carboxylic acid groups (broad SMARTS) is 1. The molecule has 0 heterocycles. The molecule has 3 N–H and O–H groups in total. The Balaban J connectivity index is 1.65. The Hall–Kier alpha value is -1.13. The van der Waals surface area contributed by atoms with Crippen molar-refractivity contribution in [3.63, 3.8) is 0 Å². The van der Waals surface area contributed by atoms with E-state index in [-0.39, 0.29) is 33.7 Å². The highest BCUT2D eigenvalue weighted by Gasteiger charge is 2.70. The van der Waals surface area contributed by atoms with Crippen LogP contribution in [0.15, 0.2) is 23.3 Å². The average molecular weight is 471 g/mol. The molecule has 5 aliphatic rings. The Morgan fingerprint density at radius 3 is 2.26 bits per heavy atom. The summed E-state index contributed by atoms with van der Waals surface area (Å²) in [5.74, 6) is -0.142. The first kappa shape index (κ1) is 24.6. The van der Waals surface area contributed by atoms with E-state index in [0.717, 1.165) is 44.1 Å². The lowest BCUT2D eigenvalue weighted by molar-refractivity contribution is -0.208. The lowest BCUT2D eigenvalue weighted by Gasteiger charge is -2.71. The number of aliphatic hydroxyl groups is 2. The summed E-state index contributed by atoms with van der Waals surface area (Å²) in [5, 5.41) is 33.2. The van der Waals surface area contributed by atoms with Gasteiger partial charge in [-0.05, 0) is 104 Å². The molecule has 190 valence electrons. The number of fused-ring (bicyclic) bond motifs is 7. The molecule has 5 rings (SSSR count). The molecule has 0 saturated heterocycles. The van der Waals surface area contributed by atoms with Gasteiger partial charge in [0.2, 0.25) is 0 Å². The first-order valence-electron chi connectivity index (χ1n) is 13.6. The molecular weight excluding hydrogens is 424 g/mol. The molecule has 5 aliphatic carbocycles. The molecule has 0 radical (unpaired) electrons. The number of hydrogen-bond acceptors (Lipinski definition) is 3. The van der Waals surface area contributed by atoms with E-state index in [9.17, 15) is 20.1 Å². The smallest absolute Gasteiger partial charge is 0.310 e. The van der Waals surface area contributed by atoms with Crippen LogP contribution in [0.4, 0.5) is 0 Å². The van der Waals surface area contributed by atoms with Gasteiger partial charge in [0.25, 0.3) is 0 Å². The fourth-order valence-corrected chi connectivity index (χ4v) is 10.5. The second-order valence-electron chi connectivity index (χ2n) is 14.3. The van der Waals surface area contributed by atoms with Crippen LogP contribution in [0.25, 0.3) is 0 Å². The average Bonchev–Trinajstić information content (AvgIpc) is 2.74. The van der Waals surface area contributed by atoms with Crippen LogP contribution in [0.2, 0.25) is 0 Å². The number of carbonyl (C=O) groups is 1. The largest absolute Gasteiger partial charge is 0.481 e. The predicted octanol–water partition coefficient (Wildman–Crippen LogP) is 6.12. The van der Waals surface area contributed by atoms with Crippen molar-refractivity contribution in [3.8, 4) is 0 Å². The van der Waals surface area contributed by atoms with Crippen LogP contribution in [0, 0.1) is 44.8 Å². The number of rotatable bonds is 1. The molecule has 9 atom stereocenters. The summed E-state index contributed by atoms with van der Waals surface area (Å²) in [6, 6.07) is 0. The summed E-state index contributed by atoms with van der Waals surface area (Å²) in [7, 11) is 0. The van der Waals surface area contributed by atoms with E-state index in [1.54, 1.807) is 0 Å². The van der Waals surface area contributed by atoms with E-state index >= 15 is 0 Å². The van der Waals surface area contributed by atoms with Crippen LogP contribution in [0.5, 0.6) is 0 Å². The summed E-state index contributed by atoms with van der Waals surface area (Å²) < 4.78 is 0. The van der Waals surface area contributed by atoms with Gasteiger partial charge in [-0.1, -0.05) is 52.3 Å². The van der Waals surface area contributed by atoms with Crippen molar-refractivity contribution in [2.24, 2.45) is 44.8 Å². The van der Waals surface area contributed by atoms with Crippen molar-refractivity contribution >= 4 is 5.97 Å². The van der Waals surface area contributed by atoms with E-state index < -0.39 is 17.0 Å². The normalized spacial score (nSPS) is 53.9. The van der Waals surface area contributed by atoms with Crippen molar-refractivity contribution in [1.29, 1.82) is 0 Å². The van der Waals surface area contributed by atoms with E-state index in [0.29, 0.717) is 24.7 Å². The van der Waals surface area contributed by atoms with Crippen LogP contribution in [0.3, 0.4) is 0 Å². The minimum atomic E-state index is -1.15. The quantitative estimate of drug-likeness (QED) is 0.403. The van der Waals surface area contributed by atoms with Gasteiger partial charge in [0.1, 0.15) is 0 Å². The third-order valence-electron chi connectivity index (χ3n) is 13.0. The van der Waals surface area contributed by atoms with E-state index in [2.05, 4.69) is 40.7 Å². The number of hydrogen-bond donors (Lipinski definition) is 3. The van der Waals surface area contributed by atoms with Gasteiger partial charge in [-0.2, -0.15) is 0 Å². The monoisotopic (exact) mass is 470 g/mol. The molecule has 0 aromatic heterocycles. The number of carboxylic acids is 1. The van der Waals surface area contributed by atoms with Crippen molar-refractivity contribution in [2.75, 3.05) is 0 Å². The van der Waals surface area contributed by atoms with Crippen LogP contribution in [0.1, 0.15) is 99.8 Å². The summed E-state index contributed by atoms with van der Waals surface area (Å²) >= 11 is 0. The first-order valence-corrected chi connectivity index (χ1v) is 13.6. The standard InChI is InChI=1S/C30H46O4/c1-18-10-15-30(24(32)33)17-16-27(5)19(23(30)29(18,7)34)8-9-21-26(4)13-12-22(31)25(2,3)20(26)11-14-28(21,27)6/h8,10,20-23,31,34H,9,11-17H2,1-7H3,(H,32,33)/t20-,21+,22-,23+,26-,27+,28+,29+,30-/m0/s1. The summed E-state index contributed by atoms with van der Waals surface area (Å²) in [4.78, 5) is 12.8. The predicted molar refractivity (Wildman–Crippen MR) is 134 cm³/mol. The minimum absolute atomic E-state index is 0.0521. The number of aliphatic hydroxyl groups excluding tert-OH is 1. The van der Waals surface area contributed by atoms with Gasteiger partial charge >= 0.3 is 5.97 Å². The maximum absolute atomic E-state index is 12.8. The second kappa shape index (κ2) is 7.00. The molecule has 0 aromatic rings. The molecule has 4 nitrogen and oxygen atoms in total. The van der Waals surface area contributed by atoms with E-state index in [4.69, 9.17) is 0 Å². The van der Waals surface area contributed by atoms with Crippen LogP contribution >= 0.6 is 0 Å². The van der Waals surface area contributed by atoms with Gasteiger partial charge in [-0.15, -0.1) is 0 Å². The molecule has 3 saturated carbocycles. The van der Waals surface area contributed by atoms with Crippen molar-refractivity contribution < 1.29 is 20.1 Å². The molecule has 0 bridgehead atoms. The molecule has 4 heteroatoms. The Morgan fingerprint density at radius 2 is 1.62 bits per heavy atom. The van der Waals surface area contributed by atoms with Crippen molar-refractivity contribution in [1.82, 2.24) is 0 Å². The fraction of sp³-hybridized carbons (Fsp3) is 0.833. The summed E-state index contributed by atoms with van der Waals surface area (Å²) in [5.41, 5.74) is 0.0546. The molecule has 3 fully saturated rings. The molecule has 0 amide bonds. The molecule has 0 aromatic carbocycles. The topological polar surface area (TPSA) is 77.8 Å². The van der Waals surface area contributed by atoms with E-state index in [1.165, 1.54) is 5.57 Å². The van der Waals surface area contributed by atoms with Gasteiger partial charge in [0.05, 0.1) is 17.1 Å². The second-order valence-corrected chi connectivity index (χ2v) is 14.3. The zero-order valence-corrected chi connectivity index (χ0v) is 22.4. The van der Waals surface area contributed by atoms with Crippen LogP contribution in [-0.2, 0) is 4.79 Å². The Labute approximate surface area is 205 Å². The molecule has 34 heavy (non-hydrogen) atoms. The number of allylic oxidation sites excluding steroid dienone is 2. The van der Waals surface area contributed by atoms with Crippen LogP contribution in [-0.4, -0.2) is 33.0 Å². The Kier molecular flexibility index (Phi) is 5.06. The van der Waals surface area contributed by atoms with Crippen molar-refractivity contribution in [3.05, 3.63) is 23.3 Å². The fourth-order valence-electron chi connectivity index (χ4n) is 10.5. The van der Waals surface area contributed by atoms with Gasteiger partial charge in [-0.25, -0.2) is 0 Å². The Morgan fingerprint density at radius 1 is 0.941 bits per heavy atom. The Bertz CT molecular complexity index is 974. The minimum Gasteiger partial charge on any atom is -0.481 e. The maximum atomic E-state index is 12.8. The third-order valence-corrected chi connectivity index (χ3v) is 13.0. The highest BCUT2D eigenvalue weighted by Crippen LogP contribution is 2.75. The third kappa shape index (κ3) is 2.65. The summed E-state index contributed by atoms with van der Waals surface area (Å²) in [6.45, 7) is 15.7. The van der Waals surface area contributed by atoms with Gasteiger partial charge < -0.3 is 15.3 Å². The summed E-state index contributed by atoms with van der Waals surface area (Å²) in [6.07, 6.45) is 11.2. The lowest BCUT2D eigenvalue weighted by Crippen LogP contribution is -2.66. The molecule has 0 unspecified atom stereocenters. The van der Waals surface area contributed by atoms with Gasteiger partial charge in [0, 0.05) is 5.92 Å². The van der Waals surface area contributed by atoms with Crippen molar-refractivity contribution in [2.45, 2.75) is 112 Å². The zero-order valence-electron chi connectivity index (χ0n) is 22.4. The maximum Gasteiger partial charge on any atom is 0.310 e. The number of aliphatic carboxylic acids is 1. The van der Waals surface area contributed by atoms with Gasteiger partial charge in [0.15, 0.2) is 0 Å². The molecular formula is C30H46O4. The molecule has 0 aliphatic heterocycles. The highest BCUT2D eigenvalue weighted by atomic mass is 16.4. The van der Waals surface area contributed by atoms with Crippen LogP contribution < -0.4 is 0 Å². The van der Waals surface area contributed by atoms with Gasteiger partial charge in [-0.3, -0.25) is 4.79 Å². The van der Waals surface area contributed by atoms with E-state index in [1.807, 2.05) is 19.9 Å². The first-order chi connectivity index (χ1) is 15.6. The molecule has 0 spiro atoms. The SMILES string of the molecule is CC1=CC[C@]2(C(=O)O)CC[C@]3(C)C(=CC[C@@H]4[C@@]5(C)CC[C@H](O)C(C)(C)[C@@H]5CC[C@]43C)[C@@H]2[C@]1(C)O.